The van der Waals surface area contributed by atoms with Gasteiger partial charge >= 0.3 is 0 Å². The third kappa shape index (κ3) is 4.38. The second-order valence-electron chi connectivity index (χ2n) is 4.65. The molecule has 1 aromatic heterocycles. The Morgan fingerprint density at radius 3 is 2.74 bits per heavy atom. The smallest absolute Gasteiger partial charge is 0.213 e. The highest BCUT2D eigenvalue weighted by Gasteiger charge is 2.02. The van der Waals surface area contributed by atoms with Crippen molar-refractivity contribution >= 4 is 0 Å². The molecule has 3 heteroatoms. The Morgan fingerprint density at radius 1 is 1.21 bits per heavy atom. The first-order valence-electron chi connectivity index (χ1n) is 6.64. The topological polar surface area (TPSA) is 48.1 Å². The molecule has 1 atom stereocenters. The van der Waals surface area contributed by atoms with Crippen molar-refractivity contribution < 1.29 is 4.74 Å². The molecule has 0 aliphatic carbocycles. The Bertz CT molecular complexity index is 497. The van der Waals surface area contributed by atoms with Gasteiger partial charge in [0.25, 0.3) is 0 Å². The van der Waals surface area contributed by atoms with Gasteiger partial charge in [0.05, 0.1) is 6.61 Å². The number of aryl methyl sites for hydroxylation is 1. The second kappa shape index (κ2) is 6.90. The van der Waals surface area contributed by atoms with E-state index < -0.39 is 0 Å². The standard InChI is InChI=1S/C16H20N2O/c1-13(17)15-9-10-18-16(12-15)19-11-5-8-14-6-3-2-4-7-14/h2-4,6-7,9-10,12-13H,5,8,11,17H2,1H3/t13-/m1/s1. The molecule has 0 saturated heterocycles. The minimum absolute atomic E-state index is 0.00895. The van der Waals surface area contributed by atoms with Crippen molar-refractivity contribution in [1.29, 1.82) is 0 Å². The highest BCUT2D eigenvalue weighted by molar-refractivity contribution is 5.22. The Hall–Kier alpha value is -1.87. The van der Waals surface area contributed by atoms with E-state index in [0.29, 0.717) is 12.5 Å². The van der Waals surface area contributed by atoms with Gasteiger partial charge in [-0.2, -0.15) is 0 Å². The maximum absolute atomic E-state index is 5.83. The Kier molecular flexibility index (Phi) is 4.93. The molecule has 0 aliphatic rings. The largest absolute Gasteiger partial charge is 0.478 e. The van der Waals surface area contributed by atoms with Crippen LogP contribution < -0.4 is 10.5 Å². The molecule has 0 saturated carbocycles. The number of nitrogens with zero attached hydrogens (tertiary/aromatic N) is 1. The Labute approximate surface area is 114 Å². The predicted molar refractivity (Wildman–Crippen MR) is 77.1 cm³/mol. The molecular formula is C16H20N2O. The van der Waals surface area contributed by atoms with Crippen LogP contribution in [0.4, 0.5) is 0 Å². The lowest BCUT2D eigenvalue weighted by molar-refractivity contribution is 0.299. The van der Waals surface area contributed by atoms with Crippen molar-refractivity contribution in [2.24, 2.45) is 5.73 Å². The summed E-state index contributed by atoms with van der Waals surface area (Å²) in [6.07, 6.45) is 3.74. The van der Waals surface area contributed by atoms with Crippen LogP contribution in [0.5, 0.6) is 5.88 Å². The number of pyridine rings is 1. The third-order valence-electron chi connectivity index (χ3n) is 2.99. The molecule has 2 N–H and O–H groups in total. The van der Waals surface area contributed by atoms with E-state index in [1.807, 2.05) is 25.1 Å². The zero-order chi connectivity index (χ0) is 13.5. The van der Waals surface area contributed by atoms with Crippen LogP contribution in [0.25, 0.3) is 0 Å². The van der Waals surface area contributed by atoms with Crippen LogP contribution in [-0.4, -0.2) is 11.6 Å². The summed E-state index contributed by atoms with van der Waals surface area (Å²) >= 11 is 0. The molecule has 0 radical (unpaired) electrons. The molecule has 0 bridgehead atoms. The molecule has 100 valence electrons. The van der Waals surface area contributed by atoms with Gasteiger partial charge in [-0.3, -0.25) is 0 Å². The number of ether oxygens (including phenoxy) is 1. The van der Waals surface area contributed by atoms with Gasteiger partial charge < -0.3 is 10.5 Å². The van der Waals surface area contributed by atoms with Crippen LogP contribution in [0, 0.1) is 0 Å². The van der Waals surface area contributed by atoms with Gasteiger partial charge in [0.2, 0.25) is 5.88 Å². The van der Waals surface area contributed by atoms with Gasteiger partial charge in [-0.05, 0) is 37.0 Å². The number of benzene rings is 1. The average Bonchev–Trinajstić information content (AvgIpc) is 2.45. The normalized spacial score (nSPS) is 12.1. The molecule has 0 fully saturated rings. The van der Waals surface area contributed by atoms with Crippen LogP contribution in [-0.2, 0) is 6.42 Å². The zero-order valence-electron chi connectivity index (χ0n) is 11.3. The number of hydrogen-bond acceptors (Lipinski definition) is 3. The van der Waals surface area contributed by atoms with E-state index in [1.54, 1.807) is 6.20 Å². The molecule has 2 rings (SSSR count). The van der Waals surface area contributed by atoms with Crippen LogP contribution in [0.1, 0.15) is 30.5 Å². The quantitative estimate of drug-likeness (QED) is 0.808. The van der Waals surface area contributed by atoms with Crippen molar-refractivity contribution in [3.63, 3.8) is 0 Å². The summed E-state index contributed by atoms with van der Waals surface area (Å²) in [4.78, 5) is 4.19. The van der Waals surface area contributed by atoms with Gasteiger partial charge in [-0.15, -0.1) is 0 Å². The van der Waals surface area contributed by atoms with E-state index in [1.165, 1.54) is 5.56 Å². The molecule has 0 amide bonds. The summed E-state index contributed by atoms with van der Waals surface area (Å²) in [6.45, 7) is 2.62. The van der Waals surface area contributed by atoms with Crippen LogP contribution in [0.15, 0.2) is 48.7 Å². The van der Waals surface area contributed by atoms with Crippen LogP contribution in [0.3, 0.4) is 0 Å². The van der Waals surface area contributed by atoms with Gasteiger partial charge in [0.15, 0.2) is 0 Å². The highest BCUT2D eigenvalue weighted by atomic mass is 16.5. The SMILES string of the molecule is C[C@@H](N)c1ccnc(OCCCc2ccccc2)c1. The number of rotatable bonds is 6. The highest BCUT2D eigenvalue weighted by Crippen LogP contribution is 2.15. The lowest BCUT2D eigenvalue weighted by atomic mass is 10.1. The summed E-state index contributed by atoms with van der Waals surface area (Å²) < 4.78 is 5.65. The fourth-order valence-electron chi connectivity index (χ4n) is 1.88. The maximum Gasteiger partial charge on any atom is 0.213 e. The van der Waals surface area contributed by atoms with E-state index in [-0.39, 0.29) is 6.04 Å². The van der Waals surface area contributed by atoms with Crippen LogP contribution in [0.2, 0.25) is 0 Å². The number of aromatic nitrogens is 1. The van der Waals surface area contributed by atoms with E-state index in [4.69, 9.17) is 10.5 Å². The van der Waals surface area contributed by atoms with E-state index >= 15 is 0 Å². The first-order chi connectivity index (χ1) is 9.25. The monoisotopic (exact) mass is 256 g/mol. The first-order valence-corrected chi connectivity index (χ1v) is 6.64. The Balaban J connectivity index is 1.78. The fourth-order valence-corrected chi connectivity index (χ4v) is 1.88. The molecule has 0 aliphatic heterocycles. The maximum atomic E-state index is 5.83. The van der Waals surface area contributed by atoms with Crippen molar-refractivity contribution in [3.8, 4) is 5.88 Å². The summed E-state index contributed by atoms with van der Waals surface area (Å²) in [5.74, 6) is 0.655. The minimum Gasteiger partial charge on any atom is -0.478 e. The number of nitrogens with two attached hydrogens (primary N) is 1. The van der Waals surface area contributed by atoms with Gasteiger partial charge in [0.1, 0.15) is 0 Å². The predicted octanol–water partition coefficient (Wildman–Crippen LogP) is 3.11. The molecule has 0 unspecified atom stereocenters. The van der Waals surface area contributed by atoms with Crippen molar-refractivity contribution in [2.75, 3.05) is 6.61 Å². The second-order valence-corrected chi connectivity index (χ2v) is 4.65. The third-order valence-corrected chi connectivity index (χ3v) is 2.99. The van der Waals surface area contributed by atoms with Gasteiger partial charge in [0, 0.05) is 18.3 Å². The average molecular weight is 256 g/mol. The molecule has 2 aromatic rings. The molecular weight excluding hydrogens is 236 g/mol. The van der Waals surface area contributed by atoms with E-state index in [9.17, 15) is 0 Å². The molecule has 0 spiro atoms. The van der Waals surface area contributed by atoms with Gasteiger partial charge in [-0.1, -0.05) is 30.3 Å². The molecule has 1 heterocycles. The van der Waals surface area contributed by atoms with Crippen LogP contribution >= 0.6 is 0 Å². The summed E-state index contributed by atoms with van der Waals surface area (Å²) in [5.41, 5.74) is 8.22. The minimum atomic E-state index is 0.00895. The van der Waals surface area contributed by atoms with E-state index in [0.717, 1.165) is 18.4 Å². The fraction of sp³-hybridized carbons (Fsp3) is 0.312. The summed E-state index contributed by atoms with van der Waals surface area (Å²) in [7, 11) is 0. The van der Waals surface area contributed by atoms with Crippen molar-refractivity contribution in [2.45, 2.75) is 25.8 Å². The number of hydrogen-bond donors (Lipinski definition) is 1. The van der Waals surface area contributed by atoms with Crippen molar-refractivity contribution in [3.05, 3.63) is 59.8 Å². The molecule has 3 nitrogen and oxygen atoms in total. The summed E-state index contributed by atoms with van der Waals surface area (Å²) in [6, 6.07) is 14.3. The first kappa shape index (κ1) is 13.6. The lowest BCUT2D eigenvalue weighted by Gasteiger charge is -2.09. The zero-order valence-corrected chi connectivity index (χ0v) is 11.3. The summed E-state index contributed by atoms with van der Waals surface area (Å²) in [5, 5.41) is 0. The molecule has 1 aromatic carbocycles. The van der Waals surface area contributed by atoms with E-state index in [2.05, 4.69) is 29.2 Å². The van der Waals surface area contributed by atoms with Crippen molar-refractivity contribution in [1.82, 2.24) is 4.98 Å². The molecule has 19 heavy (non-hydrogen) atoms. The Morgan fingerprint density at radius 2 is 2.00 bits per heavy atom. The lowest BCUT2D eigenvalue weighted by Crippen LogP contribution is -2.06. The van der Waals surface area contributed by atoms with Gasteiger partial charge in [-0.25, -0.2) is 4.98 Å².